The number of ether oxygens (including phenoxy) is 1. The molecule has 20 heavy (non-hydrogen) atoms. The molecule has 0 radical (unpaired) electrons. The van der Waals surface area contributed by atoms with Gasteiger partial charge in [0, 0.05) is 11.9 Å². The van der Waals surface area contributed by atoms with Crippen molar-refractivity contribution in [3.8, 4) is 5.75 Å². The van der Waals surface area contributed by atoms with Gasteiger partial charge in [0.2, 0.25) is 0 Å². The average molecular weight is 267 g/mol. The van der Waals surface area contributed by atoms with Crippen LogP contribution >= 0.6 is 0 Å². The zero-order chi connectivity index (χ0) is 13.9. The van der Waals surface area contributed by atoms with Crippen molar-refractivity contribution in [2.75, 3.05) is 5.32 Å². The Morgan fingerprint density at radius 2 is 2.00 bits per heavy atom. The fraction of sp³-hybridized carbons (Fsp3) is 0.0667. The molecular formula is C15H13N3O2. The van der Waals surface area contributed by atoms with E-state index in [4.69, 9.17) is 4.74 Å². The first-order valence-corrected chi connectivity index (χ1v) is 6.21. The molecule has 3 rings (SSSR count). The van der Waals surface area contributed by atoms with Crippen molar-refractivity contribution >= 4 is 17.3 Å². The van der Waals surface area contributed by atoms with E-state index in [0.29, 0.717) is 11.4 Å². The summed E-state index contributed by atoms with van der Waals surface area (Å²) in [6, 6.07) is 14.5. The summed E-state index contributed by atoms with van der Waals surface area (Å²) < 4.78 is 6.92. The summed E-state index contributed by atoms with van der Waals surface area (Å²) in [4.78, 5) is 11.8. The van der Waals surface area contributed by atoms with Crippen LogP contribution in [0.1, 0.15) is 5.69 Å². The van der Waals surface area contributed by atoms with Gasteiger partial charge in [-0.25, -0.2) is 9.31 Å². The molecule has 0 saturated heterocycles. The van der Waals surface area contributed by atoms with E-state index in [-0.39, 0.29) is 0 Å². The number of carbonyl (C=O) groups excluding carboxylic acids is 1. The van der Waals surface area contributed by atoms with Gasteiger partial charge in [-0.3, -0.25) is 5.32 Å². The van der Waals surface area contributed by atoms with Gasteiger partial charge < -0.3 is 4.74 Å². The molecule has 1 aromatic carbocycles. The van der Waals surface area contributed by atoms with Crippen molar-refractivity contribution in [1.82, 2.24) is 9.61 Å². The van der Waals surface area contributed by atoms with E-state index in [2.05, 4.69) is 10.4 Å². The summed E-state index contributed by atoms with van der Waals surface area (Å²) in [5.41, 5.74) is 2.51. The van der Waals surface area contributed by atoms with Gasteiger partial charge in [0.05, 0.1) is 11.2 Å². The fourth-order valence-electron chi connectivity index (χ4n) is 1.94. The van der Waals surface area contributed by atoms with Crippen LogP contribution in [0.25, 0.3) is 5.52 Å². The predicted molar refractivity (Wildman–Crippen MR) is 76.0 cm³/mol. The second-order valence-corrected chi connectivity index (χ2v) is 4.40. The summed E-state index contributed by atoms with van der Waals surface area (Å²) in [5.74, 6) is 0.506. The monoisotopic (exact) mass is 267 g/mol. The molecule has 1 N–H and O–H groups in total. The van der Waals surface area contributed by atoms with Crippen LogP contribution in [0.2, 0.25) is 0 Å². The van der Waals surface area contributed by atoms with E-state index >= 15 is 0 Å². The summed E-state index contributed by atoms with van der Waals surface area (Å²) in [7, 11) is 0. The van der Waals surface area contributed by atoms with Crippen molar-refractivity contribution in [2.24, 2.45) is 0 Å². The van der Waals surface area contributed by atoms with Gasteiger partial charge in [0.15, 0.2) is 0 Å². The molecule has 100 valence electrons. The lowest BCUT2D eigenvalue weighted by Crippen LogP contribution is -2.16. The average Bonchev–Trinajstić information content (AvgIpc) is 2.79. The summed E-state index contributed by atoms with van der Waals surface area (Å²) in [6.45, 7) is 1.92. The molecule has 2 aromatic heterocycles. The van der Waals surface area contributed by atoms with Gasteiger partial charge in [-0.15, -0.1) is 0 Å². The standard InChI is InChI=1S/C15H13N3O2/c1-11-9-13-10-12(7-8-18(13)17-11)16-15(19)20-14-5-3-2-4-6-14/h2-10H,1H3,(H,16,19). The Balaban J connectivity index is 1.74. The zero-order valence-corrected chi connectivity index (χ0v) is 10.9. The lowest BCUT2D eigenvalue weighted by atomic mass is 10.3. The van der Waals surface area contributed by atoms with Crippen LogP contribution in [0, 0.1) is 6.92 Å². The van der Waals surface area contributed by atoms with Crippen molar-refractivity contribution in [3.05, 3.63) is 60.4 Å². The molecular weight excluding hydrogens is 254 g/mol. The van der Waals surface area contributed by atoms with E-state index in [9.17, 15) is 4.79 Å². The molecule has 0 aliphatic carbocycles. The number of para-hydroxylation sites is 1. The van der Waals surface area contributed by atoms with Crippen LogP contribution in [-0.4, -0.2) is 15.7 Å². The second kappa shape index (κ2) is 5.05. The molecule has 3 aromatic rings. The Morgan fingerprint density at radius 1 is 1.20 bits per heavy atom. The Labute approximate surface area is 115 Å². The van der Waals surface area contributed by atoms with Gasteiger partial charge >= 0.3 is 6.09 Å². The van der Waals surface area contributed by atoms with Crippen LogP contribution in [0.5, 0.6) is 5.75 Å². The lowest BCUT2D eigenvalue weighted by molar-refractivity contribution is 0.215. The molecule has 0 saturated carbocycles. The summed E-state index contributed by atoms with van der Waals surface area (Å²) in [5, 5.41) is 6.96. The highest BCUT2D eigenvalue weighted by Gasteiger charge is 2.06. The predicted octanol–water partition coefficient (Wildman–Crippen LogP) is 3.25. The van der Waals surface area contributed by atoms with Gasteiger partial charge in [0.1, 0.15) is 5.75 Å². The molecule has 0 fully saturated rings. The normalized spacial score (nSPS) is 10.4. The third-order valence-corrected chi connectivity index (χ3v) is 2.79. The number of nitrogens with zero attached hydrogens (tertiary/aromatic N) is 2. The van der Waals surface area contributed by atoms with E-state index in [0.717, 1.165) is 11.2 Å². The highest BCUT2D eigenvalue weighted by molar-refractivity contribution is 5.87. The maximum absolute atomic E-state index is 11.8. The van der Waals surface area contributed by atoms with Gasteiger partial charge in [-0.05, 0) is 37.3 Å². The number of hydrogen-bond acceptors (Lipinski definition) is 3. The number of amides is 1. The first-order chi connectivity index (χ1) is 9.70. The van der Waals surface area contributed by atoms with E-state index < -0.39 is 6.09 Å². The summed E-state index contributed by atoms with van der Waals surface area (Å²) in [6.07, 6.45) is 1.28. The maximum Gasteiger partial charge on any atom is 0.417 e. The highest BCUT2D eigenvalue weighted by atomic mass is 16.6. The van der Waals surface area contributed by atoms with E-state index in [1.807, 2.05) is 37.3 Å². The molecule has 0 aliphatic rings. The fourth-order valence-corrected chi connectivity index (χ4v) is 1.94. The molecule has 0 atom stereocenters. The topological polar surface area (TPSA) is 55.6 Å². The van der Waals surface area contributed by atoms with Gasteiger partial charge in [0.25, 0.3) is 0 Å². The largest absolute Gasteiger partial charge is 0.417 e. The SMILES string of the molecule is Cc1cc2cc(NC(=O)Oc3ccccc3)ccn2n1. The van der Waals surface area contributed by atoms with Crippen molar-refractivity contribution in [3.63, 3.8) is 0 Å². The number of hydrogen-bond donors (Lipinski definition) is 1. The first kappa shape index (κ1) is 12.2. The Kier molecular flexibility index (Phi) is 3.09. The molecule has 0 aliphatic heterocycles. The van der Waals surface area contributed by atoms with Crippen molar-refractivity contribution < 1.29 is 9.53 Å². The minimum absolute atomic E-state index is 0.506. The zero-order valence-electron chi connectivity index (χ0n) is 10.9. The minimum Gasteiger partial charge on any atom is -0.410 e. The highest BCUT2D eigenvalue weighted by Crippen LogP contribution is 2.14. The van der Waals surface area contributed by atoms with Crippen LogP contribution < -0.4 is 10.1 Å². The van der Waals surface area contributed by atoms with Crippen LogP contribution in [0.15, 0.2) is 54.7 Å². The quantitative estimate of drug-likeness (QED) is 0.775. The number of anilines is 1. The number of carbonyl (C=O) groups is 1. The minimum atomic E-state index is -0.517. The first-order valence-electron chi connectivity index (χ1n) is 6.21. The lowest BCUT2D eigenvalue weighted by Gasteiger charge is -2.06. The van der Waals surface area contributed by atoms with E-state index in [1.165, 1.54) is 0 Å². The number of aromatic nitrogens is 2. The number of rotatable bonds is 2. The Bertz CT molecular complexity index is 750. The molecule has 1 amide bonds. The molecule has 0 bridgehead atoms. The molecule has 0 spiro atoms. The van der Waals surface area contributed by atoms with Crippen LogP contribution in [-0.2, 0) is 0 Å². The van der Waals surface area contributed by atoms with Crippen molar-refractivity contribution in [2.45, 2.75) is 6.92 Å². The number of nitrogens with one attached hydrogen (secondary N) is 1. The molecule has 5 nitrogen and oxygen atoms in total. The maximum atomic E-state index is 11.8. The van der Waals surface area contributed by atoms with Crippen molar-refractivity contribution in [1.29, 1.82) is 0 Å². The second-order valence-electron chi connectivity index (χ2n) is 4.40. The number of fused-ring (bicyclic) bond motifs is 1. The molecule has 2 heterocycles. The van der Waals surface area contributed by atoms with Crippen LogP contribution in [0.4, 0.5) is 10.5 Å². The molecule has 5 heteroatoms. The Hall–Kier alpha value is -2.82. The van der Waals surface area contributed by atoms with Gasteiger partial charge in [-0.1, -0.05) is 18.2 Å². The third-order valence-electron chi connectivity index (χ3n) is 2.79. The van der Waals surface area contributed by atoms with E-state index in [1.54, 1.807) is 28.9 Å². The number of aryl methyl sites for hydroxylation is 1. The Morgan fingerprint density at radius 3 is 2.80 bits per heavy atom. The molecule has 0 unspecified atom stereocenters. The van der Waals surface area contributed by atoms with Gasteiger partial charge in [-0.2, -0.15) is 5.10 Å². The smallest absolute Gasteiger partial charge is 0.410 e. The number of benzene rings is 1. The number of pyridine rings is 1. The summed E-state index contributed by atoms with van der Waals surface area (Å²) >= 11 is 0. The van der Waals surface area contributed by atoms with Crippen LogP contribution in [0.3, 0.4) is 0 Å². The third kappa shape index (κ3) is 2.61.